The minimum absolute atomic E-state index is 0.399. The summed E-state index contributed by atoms with van der Waals surface area (Å²) in [6.07, 6.45) is 1.63. The predicted molar refractivity (Wildman–Crippen MR) is 84.3 cm³/mol. The summed E-state index contributed by atoms with van der Waals surface area (Å²) >= 11 is 0. The number of nitriles is 1. The van der Waals surface area contributed by atoms with Crippen LogP contribution < -0.4 is 4.74 Å². The van der Waals surface area contributed by atoms with Crippen LogP contribution in [0.25, 0.3) is 10.8 Å². The van der Waals surface area contributed by atoms with Gasteiger partial charge in [-0.15, -0.1) is 0 Å². The Morgan fingerprint density at radius 1 is 1.13 bits per heavy atom. The number of aromatic nitrogens is 1. The largest absolute Gasteiger partial charge is 0.465 e. The molecule has 1 heterocycles. The average Bonchev–Trinajstić information content (AvgIpc) is 2.61. The van der Waals surface area contributed by atoms with Gasteiger partial charge in [0.25, 0.3) is 0 Å². The van der Waals surface area contributed by atoms with Crippen LogP contribution in [0.15, 0.2) is 54.7 Å². The quantitative estimate of drug-likeness (QED) is 0.690. The Labute approximate surface area is 132 Å². The molecule has 0 aliphatic heterocycles. The van der Waals surface area contributed by atoms with Gasteiger partial charge < -0.3 is 9.47 Å². The first kappa shape index (κ1) is 14.5. The topological polar surface area (TPSA) is 72.2 Å². The third kappa shape index (κ3) is 2.97. The molecule has 5 heteroatoms. The zero-order valence-electron chi connectivity index (χ0n) is 12.3. The van der Waals surface area contributed by atoms with E-state index in [1.807, 2.05) is 6.07 Å². The number of hydrogen-bond acceptors (Lipinski definition) is 5. The van der Waals surface area contributed by atoms with Crippen LogP contribution in [0.4, 0.5) is 0 Å². The first-order valence-corrected chi connectivity index (χ1v) is 6.86. The summed E-state index contributed by atoms with van der Waals surface area (Å²) in [6, 6.07) is 15.8. The molecule has 0 radical (unpaired) electrons. The Hall–Kier alpha value is -3.39. The van der Waals surface area contributed by atoms with Crippen molar-refractivity contribution in [3.05, 3.63) is 65.9 Å². The number of nitrogens with zero attached hydrogens (tertiary/aromatic N) is 2. The van der Waals surface area contributed by atoms with Gasteiger partial charge in [-0.2, -0.15) is 5.26 Å². The normalized spacial score (nSPS) is 10.1. The zero-order chi connectivity index (χ0) is 16.2. The van der Waals surface area contributed by atoms with Gasteiger partial charge in [0, 0.05) is 11.6 Å². The second kappa shape index (κ2) is 6.16. The molecule has 1 aromatic heterocycles. The van der Waals surface area contributed by atoms with Crippen molar-refractivity contribution in [2.45, 2.75) is 0 Å². The Morgan fingerprint density at radius 3 is 2.61 bits per heavy atom. The first-order valence-electron chi connectivity index (χ1n) is 6.86. The van der Waals surface area contributed by atoms with Gasteiger partial charge in [0.2, 0.25) is 5.88 Å². The molecular weight excluding hydrogens is 292 g/mol. The third-order valence-electron chi connectivity index (χ3n) is 3.35. The number of hydrogen-bond donors (Lipinski definition) is 0. The lowest BCUT2D eigenvalue weighted by Gasteiger charge is -2.08. The minimum atomic E-state index is -0.399. The maximum Gasteiger partial charge on any atom is 0.337 e. The lowest BCUT2D eigenvalue weighted by Crippen LogP contribution is -2.00. The van der Waals surface area contributed by atoms with Crippen LogP contribution in [0.3, 0.4) is 0 Å². The molecule has 0 saturated heterocycles. The van der Waals surface area contributed by atoms with E-state index in [0.717, 1.165) is 10.8 Å². The average molecular weight is 304 g/mol. The van der Waals surface area contributed by atoms with Gasteiger partial charge in [-0.1, -0.05) is 0 Å². The van der Waals surface area contributed by atoms with Crippen LogP contribution in [-0.2, 0) is 4.74 Å². The van der Waals surface area contributed by atoms with E-state index >= 15 is 0 Å². The van der Waals surface area contributed by atoms with Crippen molar-refractivity contribution < 1.29 is 14.3 Å². The molecular formula is C18H12N2O3. The maximum absolute atomic E-state index is 11.4. The molecule has 3 aromatic rings. The van der Waals surface area contributed by atoms with E-state index in [1.54, 1.807) is 48.7 Å². The number of carbonyl (C=O) groups excluding carboxylic acids is 1. The lowest BCUT2D eigenvalue weighted by molar-refractivity contribution is 0.0600. The molecule has 0 N–H and O–H groups in total. The number of fused-ring (bicyclic) bond motifs is 1. The molecule has 0 bridgehead atoms. The highest BCUT2D eigenvalue weighted by molar-refractivity contribution is 5.89. The van der Waals surface area contributed by atoms with Gasteiger partial charge in [0.05, 0.1) is 24.3 Å². The fourth-order valence-corrected chi connectivity index (χ4v) is 2.19. The molecule has 0 unspecified atom stereocenters. The Morgan fingerprint density at radius 2 is 1.91 bits per heavy atom. The van der Waals surface area contributed by atoms with Gasteiger partial charge in [-0.3, -0.25) is 0 Å². The van der Waals surface area contributed by atoms with Crippen LogP contribution in [0.5, 0.6) is 11.6 Å². The zero-order valence-corrected chi connectivity index (χ0v) is 12.3. The highest BCUT2D eigenvalue weighted by Gasteiger charge is 2.08. The second-order valence-corrected chi connectivity index (χ2v) is 4.78. The Balaban J connectivity index is 1.92. The number of esters is 1. The molecule has 0 amide bonds. The first-order chi connectivity index (χ1) is 11.2. The number of pyridine rings is 1. The fraction of sp³-hybridized carbons (Fsp3) is 0.0556. The Bertz CT molecular complexity index is 912. The van der Waals surface area contributed by atoms with Gasteiger partial charge in [-0.25, -0.2) is 9.78 Å². The summed E-state index contributed by atoms with van der Waals surface area (Å²) in [5.74, 6) is 0.601. The molecule has 0 aliphatic rings. The molecule has 0 fully saturated rings. The molecule has 0 spiro atoms. The molecule has 23 heavy (non-hydrogen) atoms. The highest BCUT2D eigenvalue weighted by atomic mass is 16.5. The number of ether oxygens (including phenoxy) is 2. The third-order valence-corrected chi connectivity index (χ3v) is 3.35. The van der Waals surface area contributed by atoms with E-state index in [4.69, 9.17) is 10.00 Å². The van der Waals surface area contributed by atoms with E-state index in [1.165, 1.54) is 7.11 Å². The van der Waals surface area contributed by atoms with E-state index in [9.17, 15) is 4.79 Å². The molecule has 2 aromatic carbocycles. The van der Waals surface area contributed by atoms with Gasteiger partial charge in [-0.05, 0) is 53.9 Å². The highest BCUT2D eigenvalue weighted by Crippen LogP contribution is 2.28. The monoisotopic (exact) mass is 304 g/mol. The van der Waals surface area contributed by atoms with Crippen molar-refractivity contribution in [1.82, 2.24) is 4.98 Å². The van der Waals surface area contributed by atoms with E-state index in [-0.39, 0.29) is 0 Å². The van der Waals surface area contributed by atoms with Crippen molar-refractivity contribution in [2.75, 3.05) is 7.11 Å². The molecule has 0 aliphatic carbocycles. The van der Waals surface area contributed by atoms with Crippen molar-refractivity contribution in [1.29, 1.82) is 5.26 Å². The van der Waals surface area contributed by atoms with Gasteiger partial charge in [0.1, 0.15) is 5.75 Å². The number of methoxy groups -OCH3 is 1. The molecule has 0 saturated carbocycles. The van der Waals surface area contributed by atoms with E-state index in [2.05, 4.69) is 15.8 Å². The predicted octanol–water partition coefficient (Wildman–Crippen LogP) is 3.69. The summed E-state index contributed by atoms with van der Waals surface area (Å²) in [4.78, 5) is 15.7. The van der Waals surface area contributed by atoms with Crippen LogP contribution in [0.2, 0.25) is 0 Å². The second-order valence-electron chi connectivity index (χ2n) is 4.78. The molecule has 112 valence electrons. The number of carbonyl (C=O) groups is 1. The van der Waals surface area contributed by atoms with Crippen molar-refractivity contribution in [3.8, 4) is 17.7 Å². The summed E-state index contributed by atoms with van der Waals surface area (Å²) in [7, 11) is 1.34. The molecule has 3 rings (SSSR count). The van der Waals surface area contributed by atoms with Crippen molar-refractivity contribution in [2.24, 2.45) is 0 Å². The van der Waals surface area contributed by atoms with Crippen molar-refractivity contribution in [3.63, 3.8) is 0 Å². The van der Waals surface area contributed by atoms with E-state index in [0.29, 0.717) is 22.8 Å². The summed E-state index contributed by atoms with van der Waals surface area (Å²) in [5, 5.41) is 10.6. The van der Waals surface area contributed by atoms with Crippen LogP contribution in [0.1, 0.15) is 15.9 Å². The van der Waals surface area contributed by atoms with Crippen LogP contribution in [0, 0.1) is 11.3 Å². The fourth-order valence-electron chi connectivity index (χ4n) is 2.19. The molecule has 5 nitrogen and oxygen atoms in total. The summed E-state index contributed by atoms with van der Waals surface area (Å²) in [5.41, 5.74) is 1.03. The maximum atomic E-state index is 11.4. The smallest absolute Gasteiger partial charge is 0.337 e. The number of benzene rings is 2. The standard InChI is InChI=1S/C18H12N2O3/c1-22-18(21)13-3-5-15(6-4-13)23-17-16-7-2-12(11-19)10-14(16)8-9-20-17/h2-10H,1H3. The number of rotatable bonds is 3. The van der Waals surface area contributed by atoms with E-state index < -0.39 is 5.97 Å². The van der Waals surface area contributed by atoms with Gasteiger partial charge >= 0.3 is 5.97 Å². The Kier molecular flexibility index (Phi) is 3.89. The van der Waals surface area contributed by atoms with Crippen LogP contribution in [-0.4, -0.2) is 18.1 Å². The minimum Gasteiger partial charge on any atom is -0.465 e. The summed E-state index contributed by atoms with van der Waals surface area (Å²) < 4.78 is 10.4. The summed E-state index contributed by atoms with van der Waals surface area (Å²) in [6.45, 7) is 0. The van der Waals surface area contributed by atoms with Crippen LogP contribution >= 0.6 is 0 Å². The van der Waals surface area contributed by atoms with Crippen molar-refractivity contribution >= 4 is 16.7 Å². The SMILES string of the molecule is COC(=O)c1ccc(Oc2nccc3cc(C#N)ccc23)cc1. The van der Waals surface area contributed by atoms with Gasteiger partial charge in [0.15, 0.2) is 0 Å². The molecule has 0 atom stereocenters. The lowest BCUT2D eigenvalue weighted by atomic mass is 10.1.